The second-order valence-corrected chi connectivity index (χ2v) is 18.3. The summed E-state index contributed by atoms with van der Waals surface area (Å²) in [6.45, 7) is 8.20. The molecular formula is C60H47N7O11. The molecule has 78 heavy (non-hydrogen) atoms. The van der Waals surface area contributed by atoms with Crippen molar-refractivity contribution in [3.63, 3.8) is 0 Å². The maximum atomic E-state index is 12.9. The SMILES string of the molecule is C=CCOC(=O)n1c(O)c(C2=Nc3ccccc3C2=O)c2ccccc21.CC(=O)OCn1c(O)c(C2=Nc3ccccc3C2=O)c2ccccc21.O=C1C(c2c(O)n(CN3CCOCC3)c3ccccc23)=Nc2ccccc21. The molecule has 4 aliphatic heterocycles. The average Bonchev–Trinajstić information content (AvgIpc) is 4.41. The second-order valence-electron chi connectivity index (χ2n) is 18.3. The topological polar surface area (TPSA) is 229 Å². The number of morpholine rings is 1. The minimum absolute atomic E-state index is 0.00539. The van der Waals surface area contributed by atoms with Gasteiger partial charge >= 0.3 is 12.1 Å². The standard InChI is InChI=1S/C21H19N3O3.C20H14N2O4.C19H14N2O4/c25-20-14-5-1-3-7-16(14)22-19(20)18-15-6-2-4-8-17(15)24(21(18)26)13-23-9-11-27-12-10-23;1-2-11-26-20(25)22-15-10-6-4-8-13(15)16(19(22)24)17-18(23)12-7-3-5-9-14(12)21-17;1-11(22)25-10-21-15-9-5-3-7-13(15)16(19(21)24)17-18(23)12-6-2-4-8-14(12)20-17/h1-8,26H,9-13H2;2-10,24H,1,11H2;2-9,24H,10H2,1H3. The Bertz CT molecular complexity index is 4080. The molecule has 0 amide bonds. The number of aromatic nitrogens is 3. The molecule has 0 bridgehead atoms. The summed E-state index contributed by atoms with van der Waals surface area (Å²) >= 11 is 0. The first-order valence-corrected chi connectivity index (χ1v) is 24.8. The van der Waals surface area contributed by atoms with Crippen LogP contribution in [0.5, 0.6) is 17.6 Å². The van der Waals surface area contributed by atoms with Gasteiger partial charge in [0.05, 0.1) is 70.2 Å². The van der Waals surface area contributed by atoms with Crippen molar-refractivity contribution in [1.29, 1.82) is 0 Å². The number of esters is 1. The molecule has 7 heterocycles. The van der Waals surface area contributed by atoms with Gasteiger partial charge < -0.3 is 29.5 Å². The fourth-order valence-electron chi connectivity index (χ4n) is 9.95. The summed E-state index contributed by atoms with van der Waals surface area (Å²) < 4.78 is 19.8. The van der Waals surface area contributed by atoms with E-state index in [1.54, 1.807) is 84.9 Å². The van der Waals surface area contributed by atoms with E-state index in [1.165, 1.54) is 17.6 Å². The number of benzene rings is 6. The highest BCUT2D eigenvalue weighted by Crippen LogP contribution is 2.41. The Morgan fingerprint density at radius 3 is 1.41 bits per heavy atom. The van der Waals surface area contributed by atoms with Crippen molar-refractivity contribution in [1.82, 2.24) is 18.6 Å². The van der Waals surface area contributed by atoms with E-state index in [9.17, 15) is 39.3 Å². The van der Waals surface area contributed by atoms with Gasteiger partial charge in [0.15, 0.2) is 6.73 Å². The third-order valence-electron chi connectivity index (χ3n) is 13.6. The molecule has 3 N–H and O–H groups in total. The molecule has 0 aliphatic carbocycles. The van der Waals surface area contributed by atoms with Crippen molar-refractivity contribution in [2.24, 2.45) is 15.0 Å². The van der Waals surface area contributed by atoms with Crippen molar-refractivity contribution in [2.75, 3.05) is 32.9 Å². The largest absolute Gasteiger partial charge is 0.494 e. The molecule has 0 unspecified atom stereocenters. The zero-order chi connectivity index (χ0) is 54.2. The number of ketones is 3. The van der Waals surface area contributed by atoms with Gasteiger partial charge in [0.2, 0.25) is 35.0 Å². The van der Waals surface area contributed by atoms with Crippen LogP contribution >= 0.6 is 0 Å². The molecule has 0 atom stereocenters. The second kappa shape index (κ2) is 20.9. The van der Waals surface area contributed by atoms with Gasteiger partial charge in [-0.15, -0.1) is 0 Å². The fraction of sp³-hybridized carbons (Fsp3) is 0.133. The maximum Gasteiger partial charge on any atom is 0.421 e. The van der Waals surface area contributed by atoms with Crippen molar-refractivity contribution in [3.8, 4) is 17.6 Å². The highest BCUT2D eigenvalue weighted by Gasteiger charge is 2.35. The molecule has 388 valence electrons. The van der Waals surface area contributed by atoms with E-state index in [4.69, 9.17) is 14.2 Å². The summed E-state index contributed by atoms with van der Waals surface area (Å²) in [6.07, 6.45) is 0.677. The van der Waals surface area contributed by atoms with Crippen LogP contribution in [0.4, 0.5) is 21.9 Å². The number of fused-ring (bicyclic) bond motifs is 6. The van der Waals surface area contributed by atoms with Crippen LogP contribution in [0.15, 0.2) is 173 Å². The van der Waals surface area contributed by atoms with E-state index in [0.29, 0.717) is 92.3 Å². The molecule has 9 aromatic rings. The molecule has 4 aliphatic rings. The number of carbonyl (C=O) groups excluding carboxylic acids is 5. The van der Waals surface area contributed by atoms with Crippen LogP contribution in [-0.2, 0) is 32.4 Å². The average molecular weight is 1040 g/mol. The van der Waals surface area contributed by atoms with Crippen molar-refractivity contribution >= 4 is 96.3 Å². The highest BCUT2D eigenvalue weighted by molar-refractivity contribution is 6.58. The number of carbonyl (C=O) groups is 5. The molecule has 0 saturated carbocycles. The Morgan fingerprint density at radius 2 is 0.949 bits per heavy atom. The van der Waals surface area contributed by atoms with Gasteiger partial charge in [-0.25, -0.2) is 24.3 Å². The number of rotatable bonds is 9. The normalized spacial score (nSPS) is 14.4. The van der Waals surface area contributed by atoms with E-state index in [0.717, 1.165) is 28.6 Å². The Hall–Kier alpha value is -10.0. The highest BCUT2D eigenvalue weighted by atomic mass is 16.6. The predicted octanol–water partition coefficient (Wildman–Crippen LogP) is 9.97. The van der Waals surface area contributed by atoms with E-state index in [2.05, 4.69) is 26.5 Å². The van der Waals surface area contributed by atoms with Gasteiger partial charge in [0.1, 0.15) is 23.7 Å². The Balaban J connectivity index is 0.000000124. The van der Waals surface area contributed by atoms with E-state index in [-0.39, 0.29) is 65.3 Å². The van der Waals surface area contributed by atoms with Crippen molar-refractivity contribution in [3.05, 3.63) is 192 Å². The van der Waals surface area contributed by atoms with Gasteiger partial charge in [-0.05, 0) is 54.6 Å². The number of hydrogen-bond donors (Lipinski definition) is 3. The number of aromatic hydroxyl groups is 3. The fourth-order valence-corrected chi connectivity index (χ4v) is 9.95. The summed E-state index contributed by atoms with van der Waals surface area (Å²) in [6, 6.07) is 43.1. The minimum Gasteiger partial charge on any atom is -0.494 e. The molecule has 1 saturated heterocycles. The Labute approximate surface area is 444 Å². The van der Waals surface area contributed by atoms with Gasteiger partial charge in [-0.3, -0.25) is 33.2 Å². The number of Topliss-reactive ketones (excluding diaryl/α,β-unsaturated/α-hetero) is 3. The van der Waals surface area contributed by atoms with Gasteiger partial charge in [0, 0.05) is 52.9 Å². The zero-order valence-corrected chi connectivity index (χ0v) is 41.8. The van der Waals surface area contributed by atoms with Crippen LogP contribution in [0.25, 0.3) is 32.7 Å². The molecular weight excluding hydrogens is 995 g/mol. The van der Waals surface area contributed by atoms with Crippen LogP contribution in [0, 0.1) is 0 Å². The van der Waals surface area contributed by atoms with E-state index in [1.807, 2.05) is 65.2 Å². The predicted molar refractivity (Wildman–Crippen MR) is 293 cm³/mol. The van der Waals surface area contributed by atoms with Gasteiger partial charge in [-0.1, -0.05) is 104 Å². The lowest BCUT2D eigenvalue weighted by Crippen LogP contribution is -2.37. The van der Waals surface area contributed by atoms with E-state index >= 15 is 0 Å². The zero-order valence-electron chi connectivity index (χ0n) is 41.8. The quantitative estimate of drug-likeness (QED) is 0.0906. The molecule has 0 spiro atoms. The van der Waals surface area contributed by atoms with Crippen LogP contribution in [-0.4, -0.2) is 113 Å². The lowest BCUT2D eigenvalue weighted by Gasteiger charge is -2.27. The summed E-state index contributed by atoms with van der Waals surface area (Å²) in [4.78, 5) is 77.5. The lowest BCUT2D eigenvalue weighted by atomic mass is 10.0. The van der Waals surface area contributed by atoms with Crippen LogP contribution < -0.4 is 0 Å². The molecule has 3 aromatic heterocycles. The van der Waals surface area contributed by atoms with E-state index < -0.39 is 12.1 Å². The van der Waals surface area contributed by atoms with Crippen LogP contribution in [0.1, 0.15) is 54.7 Å². The third kappa shape index (κ3) is 8.89. The monoisotopic (exact) mass is 1040 g/mol. The first kappa shape index (κ1) is 50.1. The minimum atomic E-state index is -0.756. The number of ether oxygens (including phenoxy) is 3. The molecule has 18 nitrogen and oxygen atoms in total. The van der Waals surface area contributed by atoms with Crippen LogP contribution in [0.3, 0.4) is 0 Å². The van der Waals surface area contributed by atoms with Crippen LogP contribution in [0.2, 0.25) is 0 Å². The molecule has 0 radical (unpaired) electrons. The number of aliphatic imine (C=N–C) groups is 3. The Morgan fingerprint density at radius 1 is 0.551 bits per heavy atom. The molecule has 13 rings (SSSR count). The van der Waals surface area contributed by atoms with Gasteiger partial charge in [0.25, 0.3) is 0 Å². The first-order valence-electron chi connectivity index (χ1n) is 24.8. The summed E-state index contributed by atoms with van der Waals surface area (Å²) in [5.74, 6) is -1.57. The number of nitrogens with zero attached hydrogens (tertiary/aromatic N) is 7. The molecule has 1 fully saturated rings. The first-order chi connectivity index (χ1) is 37.9. The summed E-state index contributed by atoms with van der Waals surface area (Å²) in [7, 11) is 0. The molecule has 6 aromatic carbocycles. The summed E-state index contributed by atoms with van der Waals surface area (Å²) in [5, 5.41) is 34.6. The van der Waals surface area contributed by atoms with Crippen molar-refractivity contribution in [2.45, 2.75) is 20.3 Å². The van der Waals surface area contributed by atoms with Gasteiger partial charge in [-0.2, -0.15) is 0 Å². The maximum absolute atomic E-state index is 12.9. The van der Waals surface area contributed by atoms with Crippen molar-refractivity contribution < 1.29 is 53.5 Å². The number of para-hydroxylation sites is 6. The third-order valence-corrected chi connectivity index (χ3v) is 13.6. The molecule has 18 heteroatoms. The summed E-state index contributed by atoms with van der Waals surface area (Å²) in [5.41, 5.74) is 7.00. The lowest BCUT2D eigenvalue weighted by molar-refractivity contribution is -0.144. The Kier molecular flexibility index (Phi) is 13.5. The smallest absolute Gasteiger partial charge is 0.421 e. The number of hydrogen-bond acceptors (Lipinski definition) is 15.